The van der Waals surface area contributed by atoms with Gasteiger partial charge in [-0.3, -0.25) is 0 Å². The number of carboxylic acids is 1. The molecule has 114 valence electrons. The first-order valence-corrected chi connectivity index (χ1v) is 7.43. The fraction of sp³-hybridized carbons (Fsp3) is 0.278. The maximum absolute atomic E-state index is 11.4. The molecule has 4 heteroatoms. The minimum Gasteiger partial charge on any atom is -0.480 e. The summed E-state index contributed by atoms with van der Waals surface area (Å²) >= 11 is 0. The van der Waals surface area contributed by atoms with Gasteiger partial charge in [0.2, 0.25) is 0 Å². The average molecular weight is 297 g/mol. The lowest BCUT2D eigenvalue weighted by atomic mass is 9.97. The Morgan fingerprint density at radius 1 is 1.14 bits per heavy atom. The van der Waals surface area contributed by atoms with Crippen molar-refractivity contribution in [2.45, 2.75) is 26.3 Å². The Bertz CT molecular complexity index is 709. The third-order valence-corrected chi connectivity index (χ3v) is 3.94. The molecule has 2 aromatic rings. The van der Waals surface area contributed by atoms with Gasteiger partial charge >= 0.3 is 5.97 Å². The van der Waals surface area contributed by atoms with Gasteiger partial charge in [-0.05, 0) is 29.7 Å². The molecule has 1 atom stereocenters. The van der Waals surface area contributed by atoms with Crippen molar-refractivity contribution in [2.24, 2.45) is 5.92 Å². The third-order valence-electron chi connectivity index (χ3n) is 3.94. The summed E-state index contributed by atoms with van der Waals surface area (Å²) < 4.78 is 5.93. The third kappa shape index (κ3) is 2.64. The highest BCUT2D eigenvalue weighted by Crippen LogP contribution is 2.40. The van der Waals surface area contributed by atoms with Crippen molar-refractivity contribution >= 4 is 11.7 Å². The second kappa shape index (κ2) is 5.72. The van der Waals surface area contributed by atoms with E-state index in [0.717, 1.165) is 34.7 Å². The number of para-hydroxylation sites is 1. The molecule has 3 rings (SSSR count). The minimum absolute atomic E-state index is 0.00912. The molecule has 1 aliphatic heterocycles. The number of hydrogen-bond donors (Lipinski definition) is 2. The van der Waals surface area contributed by atoms with Crippen molar-refractivity contribution in [3.63, 3.8) is 0 Å². The molecule has 0 saturated carbocycles. The van der Waals surface area contributed by atoms with Crippen LogP contribution in [0.25, 0.3) is 0 Å². The monoisotopic (exact) mass is 297 g/mol. The molecule has 22 heavy (non-hydrogen) atoms. The summed E-state index contributed by atoms with van der Waals surface area (Å²) in [4.78, 5) is 11.4. The molecular formula is C18H19NO3. The number of carboxylic acid groups (broad SMARTS) is 1. The number of ether oxygens (including phenoxy) is 1. The van der Waals surface area contributed by atoms with Crippen LogP contribution in [0, 0.1) is 5.92 Å². The fourth-order valence-corrected chi connectivity index (χ4v) is 2.72. The second-order valence-electron chi connectivity index (χ2n) is 5.87. The number of aliphatic carboxylic acids is 1. The molecule has 0 saturated heterocycles. The van der Waals surface area contributed by atoms with E-state index in [4.69, 9.17) is 4.74 Å². The smallest absolute Gasteiger partial charge is 0.326 e. The first-order chi connectivity index (χ1) is 10.6. The molecule has 0 unspecified atom stereocenters. The number of carbonyl (C=O) groups is 1. The van der Waals surface area contributed by atoms with Crippen molar-refractivity contribution in [2.75, 3.05) is 5.32 Å². The van der Waals surface area contributed by atoms with Gasteiger partial charge in [0, 0.05) is 17.7 Å². The summed E-state index contributed by atoms with van der Waals surface area (Å²) in [7, 11) is 0. The Morgan fingerprint density at radius 2 is 1.86 bits per heavy atom. The van der Waals surface area contributed by atoms with Crippen LogP contribution in [-0.4, -0.2) is 17.1 Å². The van der Waals surface area contributed by atoms with Crippen LogP contribution >= 0.6 is 0 Å². The summed E-state index contributed by atoms with van der Waals surface area (Å²) in [6.07, 6.45) is 0.735. The van der Waals surface area contributed by atoms with E-state index in [1.54, 1.807) is 0 Å². The quantitative estimate of drug-likeness (QED) is 0.766. The van der Waals surface area contributed by atoms with E-state index in [-0.39, 0.29) is 5.92 Å². The van der Waals surface area contributed by atoms with Crippen LogP contribution in [0.15, 0.2) is 42.5 Å². The van der Waals surface area contributed by atoms with Crippen LogP contribution < -0.4 is 10.1 Å². The molecule has 0 spiro atoms. The van der Waals surface area contributed by atoms with Crippen LogP contribution in [-0.2, 0) is 11.2 Å². The lowest BCUT2D eigenvalue weighted by Crippen LogP contribution is -2.34. The zero-order chi connectivity index (χ0) is 15.7. The van der Waals surface area contributed by atoms with E-state index in [0.29, 0.717) is 0 Å². The summed E-state index contributed by atoms with van der Waals surface area (Å²) in [5, 5.41) is 12.5. The number of benzene rings is 2. The van der Waals surface area contributed by atoms with Crippen molar-refractivity contribution in [1.82, 2.24) is 0 Å². The Morgan fingerprint density at radius 3 is 2.59 bits per heavy atom. The zero-order valence-corrected chi connectivity index (χ0v) is 12.7. The van der Waals surface area contributed by atoms with E-state index < -0.39 is 12.0 Å². The summed E-state index contributed by atoms with van der Waals surface area (Å²) in [6, 6.07) is 13.0. The molecule has 2 aromatic carbocycles. The van der Waals surface area contributed by atoms with Crippen LogP contribution in [0.3, 0.4) is 0 Å². The van der Waals surface area contributed by atoms with Gasteiger partial charge in [0.1, 0.15) is 17.5 Å². The Hall–Kier alpha value is -2.49. The van der Waals surface area contributed by atoms with Gasteiger partial charge in [-0.2, -0.15) is 0 Å². The van der Waals surface area contributed by atoms with Crippen molar-refractivity contribution < 1.29 is 14.6 Å². The van der Waals surface area contributed by atoms with E-state index in [9.17, 15) is 9.90 Å². The van der Waals surface area contributed by atoms with Gasteiger partial charge in [-0.15, -0.1) is 0 Å². The van der Waals surface area contributed by atoms with Crippen LogP contribution in [0.4, 0.5) is 5.69 Å². The van der Waals surface area contributed by atoms with Crippen molar-refractivity contribution in [3.05, 3.63) is 53.6 Å². The van der Waals surface area contributed by atoms with Gasteiger partial charge in [0.15, 0.2) is 0 Å². The minimum atomic E-state index is -0.843. The molecule has 1 heterocycles. The highest BCUT2D eigenvalue weighted by atomic mass is 16.5. The van der Waals surface area contributed by atoms with Gasteiger partial charge in [-0.25, -0.2) is 4.79 Å². The van der Waals surface area contributed by atoms with Crippen LogP contribution in [0.5, 0.6) is 11.5 Å². The maximum atomic E-state index is 11.4. The average Bonchev–Trinajstić information content (AvgIpc) is 2.50. The van der Waals surface area contributed by atoms with E-state index in [1.807, 2.05) is 56.3 Å². The number of rotatable bonds is 4. The normalized spacial score (nSPS) is 13.8. The predicted octanol–water partition coefficient (Wildman–Crippen LogP) is 3.90. The number of anilines is 1. The first-order valence-electron chi connectivity index (χ1n) is 7.43. The SMILES string of the molecule is CC(C)[C@H](Nc1cccc2c1Cc1ccccc1O2)C(=O)O. The molecule has 2 N–H and O–H groups in total. The number of hydrogen-bond acceptors (Lipinski definition) is 3. The number of fused-ring (bicyclic) bond motifs is 2. The largest absolute Gasteiger partial charge is 0.480 e. The first kappa shape index (κ1) is 14.4. The van der Waals surface area contributed by atoms with Crippen LogP contribution in [0.1, 0.15) is 25.0 Å². The zero-order valence-electron chi connectivity index (χ0n) is 12.7. The Balaban J connectivity index is 1.95. The Labute approximate surface area is 129 Å². The number of nitrogens with one attached hydrogen (secondary N) is 1. The van der Waals surface area contributed by atoms with E-state index >= 15 is 0 Å². The molecule has 4 nitrogen and oxygen atoms in total. The molecule has 0 aromatic heterocycles. The Kier molecular flexibility index (Phi) is 3.75. The van der Waals surface area contributed by atoms with Crippen molar-refractivity contribution in [1.29, 1.82) is 0 Å². The maximum Gasteiger partial charge on any atom is 0.326 e. The molecule has 0 bridgehead atoms. The highest BCUT2D eigenvalue weighted by molar-refractivity contribution is 5.78. The molecule has 0 fully saturated rings. The molecular weight excluding hydrogens is 278 g/mol. The lowest BCUT2D eigenvalue weighted by molar-refractivity contribution is -0.138. The van der Waals surface area contributed by atoms with Gasteiger partial charge in [-0.1, -0.05) is 38.1 Å². The van der Waals surface area contributed by atoms with Crippen molar-refractivity contribution in [3.8, 4) is 11.5 Å². The molecule has 0 radical (unpaired) electrons. The summed E-state index contributed by atoms with van der Waals surface area (Å²) in [5.74, 6) is 0.803. The van der Waals surface area contributed by atoms with Gasteiger partial charge in [0.25, 0.3) is 0 Å². The van der Waals surface area contributed by atoms with E-state index in [2.05, 4.69) is 5.32 Å². The second-order valence-corrected chi connectivity index (χ2v) is 5.87. The van der Waals surface area contributed by atoms with E-state index in [1.165, 1.54) is 0 Å². The summed E-state index contributed by atoms with van der Waals surface area (Å²) in [6.45, 7) is 3.79. The fourth-order valence-electron chi connectivity index (χ4n) is 2.72. The predicted molar refractivity (Wildman–Crippen MR) is 85.6 cm³/mol. The molecule has 1 aliphatic rings. The lowest BCUT2D eigenvalue weighted by Gasteiger charge is -2.25. The standard InChI is InChI=1S/C18H19NO3/c1-11(2)17(18(20)21)19-14-7-5-9-16-13(14)10-12-6-3-4-8-15(12)22-16/h3-9,11,17,19H,10H2,1-2H3,(H,20,21)/t17-/m0/s1. The molecule has 0 aliphatic carbocycles. The molecule has 0 amide bonds. The van der Waals surface area contributed by atoms with Gasteiger partial charge < -0.3 is 15.2 Å². The summed E-state index contributed by atoms with van der Waals surface area (Å²) in [5.41, 5.74) is 2.95. The topological polar surface area (TPSA) is 58.6 Å². The van der Waals surface area contributed by atoms with Gasteiger partial charge in [0.05, 0.1) is 0 Å². The highest BCUT2D eigenvalue weighted by Gasteiger charge is 2.25. The van der Waals surface area contributed by atoms with Crippen LogP contribution in [0.2, 0.25) is 0 Å².